The van der Waals surface area contributed by atoms with Gasteiger partial charge in [-0.15, -0.1) is 0 Å². The molecule has 0 aromatic heterocycles. The van der Waals surface area contributed by atoms with Gasteiger partial charge in [0.05, 0.1) is 52.5 Å². The van der Waals surface area contributed by atoms with Gasteiger partial charge in [0.15, 0.2) is 5.79 Å². The molecule has 5 nitrogen and oxygen atoms in total. The average Bonchev–Trinajstić information content (AvgIpc) is 3.20. The van der Waals surface area contributed by atoms with Gasteiger partial charge in [0.25, 0.3) is 0 Å². The van der Waals surface area contributed by atoms with Crippen molar-refractivity contribution in [3.63, 3.8) is 0 Å². The molecule has 0 aliphatic carbocycles. The smallest absolute Gasteiger partial charge is 0.179 e. The van der Waals surface area contributed by atoms with E-state index in [9.17, 15) is 0 Å². The molecule has 3 fully saturated rings. The van der Waals surface area contributed by atoms with Crippen LogP contribution in [0.1, 0.15) is 65.5 Å². The summed E-state index contributed by atoms with van der Waals surface area (Å²) in [5.41, 5.74) is 2.99. The zero-order chi connectivity index (χ0) is 20.5. The van der Waals surface area contributed by atoms with E-state index in [1.807, 2.05) is 0 Å². The molecule has 0 bridgehead atoms. The molecule has 32 heavy (non-hydrogen) atoms. The van der Waals surface area contributed by atoms with E-state index in [1.165, 1.54) is 71.1 Å². The number of quaternary nitrogens is 3. The highest BCUT2D eigenvalue weighted by molar-refractivity contribution is 5.27. The van der Waals surface area contributed by atoms with Gasteiger partial charge in [0, 0.05) is 24.8 Å². The van der Waals surface area contributed by atoms with Gasteiger partial charge in [-0.3, -0.25) is 0 Å². The van der Waals surface area contributed by atoms with E-state index in [2.05, 4.69) is 45.4 Å². The minimum Gasteiger partial charge on any atom is -0.468 e. The lowest BCUT2D eigenvalue weighted by atomic mass is 10.0. The lowest BCUT2D eigenvalue weighted by molar-refractivity contribution is -0.870. The first-order valence-electron chi connectivity index (χ1n) is 11.4. The summed E-state index contributed by atoms with van der Waals surface area (Å²) in [7, 11) is 11.9. The SMILES string of the molecule is C.C.C.[CH2-][NH+]1CCC2(CC1)OCCO2.[CH2-][NH+]1CCCCC1.[CH2-][NH+]1CCc2ccccc2C1. The van der Waals surface area contributed by atoms with Crippen molar-refractivity contribution in [2.75, 3.05) is 45.9 Å². The van der Waals surface area contributed by atoms with Crippen molar-refractivity contribution in [2.24, 2.45) is 0 Å². The zero-order valence-electron chi connectivity index (χ0n) is 18.1. The molecule has 1 spiro atoms. The summed E-state index contributed by atoms with van der Waals surface area (Å²) in [6, 6.07) is 8.66. The van der Waals surface area contributed by atoms with Gasteiger partial charge in [-0.25, -0.2) is 0 Å². The van der Waals surface area contributed by atoms with Crippen LogP contribution in [0.3, 0.4) is 0 Å². The van der Waals surface area contributed by atoms with Crippen molar-refractivity contribution in [3.05, 3.63) is 56.5 Å². The van der Waals surface area contributed by atoms with Gasteiger partial charge < -0.3 is 24.2 Å². The lowest BCUT2D eigenvalue weighted by Crippen LogP contribution is -3.08. The number of piperidine rings is 2. The molecule has 0 saturated carbocycles. The van der Waals surface area contributed by atoms with E-state index in [-0.39, 0.29) is 28.1 Å². The molecule has 188 valence electrons. The molecule has 5 heteroatoms. The largest absolute Gasteiger partial charge is 0.468 e. The molecule has 1 atom stereocenters. The van der Waals surface area contributed by atoms with Crippen LogP contribution >= 0.6 is 0 Å². The highest BCUT2D eigenvalue weighted by Gasteiger charge is 2.39. The van der Waals surface area contributed by atoms with E-state index in [0.717, 1.165) is 45.7 Å². The second kappa shape index (κ2) is 15.8. The Bertz CT molecular complexity index is 588. The predicted octanol–water partition coefficient (Wildman–Crippen LogP) is 1.37. The van der Waals surface area contributed by atoms with E-state index in [0.29, 0.717) is 0 Å². The first-order chi connectivity index (χ1) is 14.1. The Hall–Kier alpha value is -0.980. The molecular weight excluding hydrogens is 398 g/mol. The fourth-order valence-corrected chi connectivity index (χ4v) is 4.46. The molecule has 5 rings (SSSR count). The normalized spacial score (nSPS) is 24.2. The Morgan fingerprint density at radius 1 is 0.656 bits per heavy atom. The molecule has 0 amide bonds. The van der Waals surface area contributed by atoms with Gasteiger partial charge in [-0.05, 0) is 24.8 Å². The van der Waals surface area contributed by atoms with Crippen LogP contribution < -0.4 is 14.7 Å². The highest BCUT2D eigenvalue weighted by atomic mass is 16.7. The molecule has 3 saturated heterocycles. The first kappa shape index (κ1) is 31.0. The third-order valence-corrected chi connectivity index (χ3v) is 6.40. The van der Waals surface area contributed by atoms with E-state index >= 15 is 0 Å². The summed E-state index contributed by atoms with van der Waals surface area (Å²) in [5, 5.41) is 0. The van der Waals surface area contributed by atoms with Gasteiger partial charge in [0.1, 0.15) is 0 Å². The zero-order valence-corrected chi connectivity index (χ0v) is 18.1. The second-order valence-corrected chi connectivity index (χ2v) is 8.86. The maximum absolute atomic E-state index is 5.57. The molecular formula is C27H53N3O2. The Labute approximate surface area is 200 Å². The Kier molecular flexibility index (Phi) is 15.3. The number of likely N-dealkylation sites (tertiary alicyclic amines) is 2. The summed E-state index contributed by atoms with van der Waals surface area (Å²) in [4.78, 5) is 4.18. The van der Waals surface area contributed by atoms with Crippen LogP contribution in [-0.2, 0) is 22.4 Å². The number of nitrogens with one attached hydrogen (secondary N) is 3. The third kappa shape index (κ3) is 9.88. The number of fused-ring (bicyclic) bond motifs is 1. The summed E-state index contributed by atoms with van der Waals surface area (Å²) in [6.07, 6.45) is 7.41. The van der Waals surface area contributed by atoms with Crippen molar-refractivity contribution in [1.82, 2.24) is 0 Å². The van der Waals surface area contributed by atoms with Gasteiger partial charge in [-0.1, -0.05) is 46.5 Å². The highest BCUT2D eigenvalue weighted by Crippen LogP contribution is 2.27. The number of benzene rings is 1. The Morgan fingerprint density at radius 3 is 1.72 bits per heavy atom. The van der Waals surface area contributed by atoms with Gasteiger partial charge >= 0.3 is 0 Å². The van der Waals surface area contributed by atoms with Crippen molar-refractivity contribution in [2.45, 2.75) is 73.1 Å². The maximum atomic E-state index is 5.57. The third-order valence-electron chi connectivity index (χ3n) is 6.40. The number of ether oxygens (including phenoxy) is 2. The fraction of sp³-hybridized carbons (Fsp3) is 0.667. The van der Waals surface area contributed by atoms with Crippen LogP contribution in [0.25, 0.3) is 0 Å². The Morgan fingerprint density at radius 2 is 1.19 bits per heavy atom. The van der Waals surface area contributed by atoms with Crippen molar-refractivity contribution < 1.29 is 24.2 Å². The summed E-state index contributed by atoms with van der Waals surface area (Å²) in [6.45, 7) is 8.53. The molecule has 4 aliphatic heterocycles. The van der Waals surface area contributed by atoms with E-state index in [1.54, 1.807) is 0 Å². The number of rotatable bonds is 0. The fourth-order valence-electron chi connectivity index (χ4n) is 4.46. The number of hydrogen-bond donors (Lipinski definition) is 3. The maximum Gasteiger partial charge on any atom is 0.179 e. The molecule has 4 heterocycles. The van der Waals surface area contributed by atoms with Crippen LogP contribution in [0.2, 0.25) is 0 Å². The van der Waals surface area contributed by atoms with Crippen LogP contribution in [0, 0.1) is 21.1 Å². The van der Waals surface area contributed by atoms with Crippen LogP contribution in [0.5, 0.6) is 0 Å². The predicted molar refractivity (Wildman–Crippen MR) is 135 cm³/mol. The standard InChI is InChI=1S/C10H13N.C8H15NO2.C6H13N.3CH4/c1-11-7-6-9-4-2-3-5-10(9)8-11;1-9-4-2-8(3-5-9)10-6-7-11-8;1-7-5-3-2-4-6-7;;;/h2-5,11H,1,6-8H2;9H,1-7H2;7H,1-6H2;3*1H4. The van der Waals surface area contributed by atoms with Crippen LogP contribution in [0.4, 0.5) is 0 Å². The minimum absolute atomic E-state index is 0. The van der Waals surface area contributed by atoms with Crippen molar-refractivity contribution >= 4 is 0 Å². The monoisotopic (exact) mass is 451 g/mol. The van der Waals surface area contributed by atoms with E-state index in [4.69, 9.17) is 9.47 Å². The summed E-state index contributed by atoms with van der Waals surface area (Å²) in [5.74, 6) is -0.207. The minimum atomic E-state index is -0.207. The molecule has 1 unspecified atom stereocenters. The van der Waals surface area contributed by atoms with Crippen LogP contribution in [-0.4, -0.2) is 51.7 Å². The lowest BCUT2D eigenvalue weighted by Gasteiger charge is -2.36. The van der Waals surface area contributed by atoms with Gasteiger partial charge in [-0.2, -0.15) is 21.1 Å². The van der Waals surface area contributed by atoms with Gasteiger partial charge in [0.2, 0.25) is 0 Å². The van der Waals surface area contributed by atoms with Crippen molar-refractivity contribution in [3.8, 4) is 0 Å². The Balaban J connectivity index is 0.000000441. The molecule has 1 aromatic carbocycles. The second-order valence-electron chi connectivity index (χ2n) is 8.86. The molecule has 0 radical (unpaired) electrons. The molecule has 4 aliphatic rings. The first-order valence-corrected chi connectivity index (χ1v) is 11.4. The summed E-state index contributed by atoms with van der Waals surface area (Å²) < 4.78 is 11.1. The quantitative estimate of drug-likeness (QED) is 0.521. The van der Waals surface area contributed by atoms with E-state index < -0.39 is 0 Å². The number of hydrogen-bond acceptors (Lipinski definition) is 2. The topological polar surface area (TPSA) is 31.8 Å². The molecule has 1 aromatic rings. The van der Waals surface area contributed by atoms with Crippen molar-refractivity contribution in [1.29, 1.82) is 0 Å². The summed E-state index contributed by atoms with van der Waals surface area (Å²) >= 11 is 0. The van der Waals surface area contributed by atoms with Crippen LogP contribution in [0.15, 0.2) is 24.3 Å². The molecule has 3 N–H and O–H groups in total. The average molecular weight is 452 g/mol.